The van der Waals surface area contributed by atoms with Crippen LogP contribution in [0.2, 0.25) is 5.02 Å². The van der Waals surface area contributed by atoms with Gasteiger partial charge in [-0.2, -0.15) is 0 Å². The molecule has 264 valence electrons. The number of para-hydroxylation sites is 1. The van der Waals surface area contributed by atoms with Crippen molar-refractivity contribution in [1.29, 1.82) is 0 Å². The topological polar surface area (TPSA) is 167 Å². The van der Waals surface area contributed by atoms with Gasteiger partial charge in [0.2, 0.25) is 0 Å². The minimum Gasteiger partial charge on any atom is -0.478 e. The highest BCUT2D eigenvalue weighted by molar-refractivity contribution is 7.90. The van der Waals surface area contributed by atoms with E-state index in [1.165, 1.54) is 23.1 Å². The maximum Gasteiger partial charge on any atom is 0.336 e. The summed E-state index contributed by atoms with van der Waals surface area (Å²) in [5.41, 5.74) is -0.211. The summed E-state index contributed by atoms with van der Waals surface area (Å²) in [5, 5.41) is 20.1. The van der Waals surface area contributed by atoms with Gasteiger partial charge in [0.15, 0.2) is 0 Å². The fourth-order valence-electron chi connectivity index (χ4n) is 6.27. The highest BCUT2D eigenvalue weighted by Crippen LogP contribution is 2.37. The highest BCUT2D eigenvalue weighted by Gasteiger charge is 2.34. The van der Waals surface area contributed by atoms with Gasteiger partial charge in [-0.05, 0) is 84.5 Å². The summed E-state index contributed by atoms with van der Waals surface area (Å²) in [5.74, 6) is -4.45. The van der Waals surface area contributed by atoms with E-state index in [0.29, 0.717) is 29.5 Å². The van der Waals surface area contributed by atoms with Gasteiger partial charge >= 0.3 is 11.9 Å². The number of carboxylic acid groups (broad SMARTS) is 2. The van der Waals surface area contributed by atoms with Crippen molar-refractivity contribution >= 4 is 45.4 Å². The number of hydrogen-bond acceptors (Lipinski definition) is 7. The molecule has 1 aliphatic rings. The number of hydrogen-bond donors (Lipinski definition) is 3. The summed E-state index contributed by atoms with van der Waals surface area (Å²) in [6.07, 6.45) is 2.02. The van der Waals surface area contributed by atoms with Crippen molar-refractivity contribution in [1.82, 2.24) is 9.62 Å². The molecule has 0 unspecified atom stereocenters. The maximum absolute atomic E-state index is 14.8. The van der Waals surface area contributed by atoms with Crippen molar-refractivity contribution in [2.24, 2.45) is 0 Å². The molecule has 0 saturated heterocycles. The number of carboxylic acids is 2. The zero-order valence-electron chi connectivity index (χ0n) is 27.4. The average Bonchev–Trinajstić information content (AvgIpc) is 3.13. The van der Waals surface area contributed by atoms with Crippen LogP contribution in [0.4, 0.5) is 0 Å². The molecule has 0 spiro atoms. The van der Waals surface area contributed by atoms with Crippen LogP contribution < -0.4 is 9.46 Å². The number of ether oxygens (including phenoxy) is 1. The number of amides is 2. The molecule has 2 amide bonds. The number of nitrogens with one attached hydrogen (secondary N) is 1. The number of rotatable bonds is 11. The van der Waals surface area contributed by atoms with Crippen molar-refractivity contribution in [3.63, 3.8) is 0 Å². The molecular formula is C39H31ClN2O9S. The summed E-state index contributed by atoms with van der Waals surface area (Å²) in [6.45, 7) is -0.0218. The molecule has 0 heterocycles. The molecule has 0 aromatic heterocycles. The third-order valence-corrected chi connectivity index (χ3v) is 10.5. The Labute approximate surface area is 304 Å². The minimum atomic E-state index is -4.62. The number of nitrogens with zero attached hydrogens (tertiary/aromatic N) is 1. The van der Waals surface area contributed by atoms with Gasteiger partial charge in [0.25, 0.3) is 21.8 Å². The van der Waals surface area contributed by atoms with E-state index in [0.717, 1.165) is 36.1 Å². The van der Waals surface area contributed by atoms with E-state index < -0.39 is 67.0 Å². The fraction of sp³-hybridized carbons (Fsp3) is 0.128. The number of aromatic carboxylic acids is 2. The van der Waals surface area contributed by atoms with Crippen LogP contribution in [0.3, 0.4) is 0 Å². The van der Waals surface area contributed by atoms with E-state index in [2.05, 4.69) is 0 Å². The first-order chi connectivity index (χ1) is 24.9. The molecule has 5 aromatic carbocycles. The number of halogens is 1. The zero-order valence-corrected chi connectivity index (χ0v) is 28.9. The standard InChI is InChI=1S/C39H31ClN2O9S/c40-33-17-6-7-19-35(33)52(49,50)41-36(43)29-21-30(32(39(47)48)22-31(29)38(45)46)37(44)42(34-18-9-12-25-11-4-5-16-28(25)34)23-24-10-8-15-27(20-24)51-26-13-2-1-3-14-26/h1-8,10-11,13-17,19-22,34H,9,12,18,23H2,(H,41,43)(H,45,46)(H,47,48)/t34-/m0/s1. The van der Waals surface area contributed by atoms with E-state index in [1.54, 1.807) is 36.4 Å². The molecule has 5 aromatic rings. The second-order valence-electron chi connectivity index (χ2n) is 12.0. The molecule has 0 fully saturated rings. The third-order valence-electron chi connectivity index (χ3n) is 8.65. The van der Waals surface area contributed by atoms with Crippen LogP contribution >= 0.6 is 11.6 Å². The molecule has 11 nitrogen and oxygen atoms in total. The predicted octanol–water partition coefficient (Wildman–Crippen LogP) is 7.37. The SMILES string of the molecule is O=C(O)c1cc(C(=O)O)c(C(=O)N(Cc2cccc(Oc3ccccc3)c2)[C@H]2CCCc3ccccc32)cc1C(=O)NS(=O)(=O)c1ccccc1Cl. The normalized spacial score (nSPS) is 13.8. The first-order valence-electron chi connectivity index (χ1n) is 16.1. The smallest absolute Gasteiger partial charge is 0.336 e. The van der Waals surface area contributed by atoms with Crippen molar-refractivity contribution in [2.75, 3.05) is 0 Å². The molecule has 13 heteroatoms. The molecular weight excluding hydrogens is 708 g/mol. The van der Waals surface area contributed by atoms with E-state index in [1.807, 2.05) is 47.2 Å². The van der Waals surface area contributed by atoms with Gasteiger partial charge in [0.05, 0.1) is 33.3 Å². The first-order valence-corrected chi connectivity index (χ1v) is 18.0. The number of aryl methyl sites for hydroxylation is 1. The number of carbonyl (C=O) groups excluding carboxylic acids is 2. The van der Waals surface area contributed by atoms with Crippen LogP contribution in [0.15, 0.2) is 120 Å². The Hall–Kier alpha value is -5.98. The lowest BCUT2D eigenvalue weighted by atomic mass is 9.86. The molecule has 3 N–H and O–H groups in total. The van der Waals surface area contributed by atoms with Crippen molar-refractivity contribution in [3.05, 3.63) is 159 Å². The van der Waals surface area contributed by atoms with Crippen molar-refractivity contribution < 1.29 is 42.5 Å². The van der Waals surface area contributed by atoms with Crippen LogP contribution in [-0.2, 0) is 23.0 Å². The number of sulfonamides is 1. The lowest BCUT2D eigenvalue weighted by Gasteiger charge is -2.36. The number of fused-ring (bicyclic) bond motifs is 1. The maximum atomic E-state index is 14.8. The predicted molar refractivity (Wildman–Crippen MR) is 191 cm³/mol. The molecule has 0 saturated carbocycles. The van der Waals surface area contributed by atoms with Crippen molar-refractivity contribution in [3.8, 4) is 11.5 Å². The van der Waals surface area contributed by atoms with Gasteiger partial charge in [-0.3, -0.25) is 9.59 Å². The molecule has 52 heavy (non-hydrogen) atoms. The molecule has 1 atom stereocenters. The van der Waals surface area contributed by atoms with Gasteiger partial charge in [0.1, 0.15) is 16.4 Å². The molecule has 0 radical (unpaired) electrons. The highest BCUT2D eigenvalue weighted by atomic mass is 35.5. The van der Waals surface area contributed by atoms with Crippen LogP contribution in [0.1, 0.15) is 77.0 Å². The van der Waals surface area contributed by atoms with E-state index >= 15 is 0 Å². The average molecular weight is 739 g/mol. The lowest BCUT2D eigenvalue weighted by Crippen LogP contribution is -2.38. The summed E-state index contributed by atoms with van der Waals surface area (Å²) in [6, 6.07) is 30.1. The van der Waals surface area contributed by atoms with Gasteiger partial charge < -0.3 is 19.8 Å². The van der Waals surface area contributed by atoms with E-state index in [4.69, 9.17) is 16.3 Å². The third kappa shape index (κ3) is 7.68. The lowest BCUT2D eigenvalue weighted by molar-refractivity contribution is 0.0613. The van der Waals surface area contributed by atoms with Crippen molar-refractivity contribution in [2.45, 2.75) is 36.7 Å². The van der Waals surface area contributed by atoms with Crippen LogP contribution in [-0.4, -0.2) is 47.3 Å². The summed E-state index contributed by atoms with van der Waals surface area (Å²) >= 11 is 6.06. The Kier molecular flexibility index (Phi) is 10.4. The Morgan fingerprint density at radius 1 is 0.750 bits per heavy atom. The zero-order chi connectivity index (χ0) is 37.0. The Morgan fingerprint density at radius 2 is 1.38 bits per heavy atom. The van der Waals surface area contributed by atoms with Crippen LogP contribution in [0, 0.1) is 0 Å². The van der Waals surface area contributed by atoms with E-state index in [9.17, 15) is 37.8 Å². The summed E-state index contributed by atoms with van der Waals surface area (Å²) in [7, 11) is -4.62. The second-order valence-corrected chi connectivity index (χ2v) is 14.1. The Morgan fingerprint density at radius 3 is 2.12 bits per heavy atom. The monoisotopic (exact) mass is 738 g/mol. The first kappa shape index (κ1) is 35.8. The number of carbonyl (C=O) groups is 4. The largest absolute Gasteiger partial charge is 0.478 e. The van der Waals surface area contributed by atoms with Crippen LogP contribution in [0.25, 0.3) is 0 Å². The quantitative estimate of drug-likeness (QED) is 0.125. The number of benzene rings is 5. The fourth-order valence-corrected chi connectivity index (χ4v) is 7.76. The van der Waals surface area contributed by atoms with E-state index in [-0.39, 0.29) is 11.6 Å². The Bertz CT molecular complexity index is 2310. The van der Waals surface area contributed by atoms with Gasteiger partial charge in [-0.25, -0.2) is 22.7 Å². The summed E-state index contributed by atoms with van der Waals surface area (Å²) < 4.78 is 34.1. The van der Waals surface area contributed by atoms with Gasteiger partial charge in [0, 0.05) is 6.54 Å². The molecule has 0 bridgehead atoms. The van der Waals surface area contributed by atoms with Gasteiger partial charge in [-0.1, -0.05) is 78.3 Å². The molecule has 0 aliphatic heterocycles. The minimum absolute atomic E-state index is 0.0218. The van der Waals surface area contributed by atoms with Crippen LogP contribution in [0.5, 0.6) is 11.5 Å². The molecule has 1 aliphatic carbocycles. The second kappa shape index (κ2) is 15.1. The molecule has 6 rings (SSSR count). The summed E-state index contributed by atoms with van der Waals surface area (Å²) in [4.78, 5) is 54.3. The van der Waals surface area contributed by atoms with Gasteiger partial charge in [-0.15, -0.1) is 0 Å². The Balaban J connectivity index is 1.45.